The Morgan fingerprint density at radius 1 is 1.29 bits per heavy atom. The van der Waals surface area contributed by atoms with Crippen LogP contribution in [0.1, 0.15) is 47.4 Å². The van der Waals surface area contributed by atoms with Gasteiger partial charge in [0.1, 0.15) is 11.6 Å². The predicted molar refractivity (Wildman–Crippen MR) is 119 cm³/mol. The van der Waals surface area contributed by atoms with Gasteiger partial charge in [0.05, 0.1) is 17.2 Å². The van der Waals surface area contributed by atoms with E-state index in [2.05, 4.69) is 19.7 Å². The van der Waals surface area contributed by atoms with Crippen molar-refractivity contribution in [2.45, 2.75) is 44.6 Å². The van der Waals surface area contributed by atoms with Crippen molar-refractivity contribution >= 4 is 22.8 Å². The topological polar surface area (TPSA) is 106 Å². The summed E-state index contributed by atoms with van der Waals surface area (Å²) in [6, 6.07) is 5.35. The highest BCUT2D eigenvalue weighted by molar-refractivity contribution is 5.99. The second kappa shape index (κ2) is 9.49. The van der Waals surface area contributed by atoms with E-state index in [1.54, 1.807) is 18.2 Å². The Labute approximate surface area is 194 Å². The molecule has 1 aliphatic heterocycles. The molecule has 1 saturated heterocycles. The molecule has 0 spiro atoms. The van der Waals surface area contributed by atoms with Gasteiger partial charge in [-0.1, -0.05) is 0 Å². The van der Waals surface area contributed by atoms with Crippen molar-refractivity contribution in [3.63, 3.8) is 0 Å². The van der Waals surface area contributed by atoms with Crippen molar-refractivity contribution in [1.82, 2.24) is 19.9 Å². The van der Waals surface area contributed by atoms with Crippen molar-refractivity contribution in [2.24, 2.45) is 0 Å². The predicted octanol–water partition coefficient (Wildman–Crippen LogP) is 4.04. The maximum absolute atomic E-state index is 13.0. The van der Waals surface area contributed by atoms with Crippen LogP contribution in [0.2, 0.25) is 0 Å². The molecule has 3 heterocycles. The smallest absolute Gasteiger partial charge is 0.406 e. The zero-order chi connectivity index (χ0) is 24.5. The van der Waals surface area contributed by atoms with Gasteiger partial charge in [-0.3, -0.25) is 4.79 Å². The van der Waals surface area contributed by atoms with Gasteiger partial charge in [-0.15, -0.1) is 13.2 Å². The summed E-state index contributed by atoms with van der Waals surface area (Å²) in [4.78, 5) is 26.9. The largest absolute Gasteiger partial charge is 0.573 e. The highest BCUT2D eigenvalue weighted by Crippen LogP contribution is 2.33. The summed E-state index contributed by atoms with van der Waals surface area (Å²) < 4.78 is 46.4. The number of carbonyl (C=O) groups excluding carboxylic acids is 1. The van der Waals surface area contributed by atoms with Crippen LogP contribution in [0, 0.1) is 0 Å². The van der Waals surface area contributed by atoms with Crippen LogP contribution in [-0.4, -0.2) is 58.4 Å². The van der Waals surface area contributed by atoms with Crippen molar-refractivity contribution in [3.8, 4) is 5.75 Å². The number of H-pyrrole nitrogens is 1. The van der Waals surface area contributed by atoms with Gasteiger partial charge in [0.25, 0.3) is 5.91 Å². The fraction of sp³-hybridized carbons (Fsp3) is 0.435. The second-order valence-electron chi connectivity index (χ2n) is 8.40. The summed E-state index contributed by atoms with van der Waals surface area (Å²) in [6.07, 6.45) is -0.959. The van der Waals surface area contributed by atoms with Crippen molar-refractivity contribution in [1.29, 1.82) is 0 Å². The summed E-state index contributed by atoms with van der Waals surface area (Å²) >= 11 is 0. The molecule has 4 rings (SSSR count). The number of anilines is 1. The zero-order valence-electron chi connectivity index (χ0n) is 18.9. The van der Waals surface area contributed by atoms with Crippen molar-refractivity contribution < 1.29 is 27.4 Å². The SMILES string of the molecule is CO[C@@H](C)Cc1nc2nccc(C3CCN(C(=O)c4ccc(OC(F)(F)F)cc4N)CC3)c2[nH]1. The van der Waals surface area contributed by atoms with Gasteiger partial charge in [-0.25, -0.2) is 9.97 Å². The molecule has 0 bridgehead atoms. The normalized spacial score (nSPS) is 16.1. The van der Waals surface area contributed by atoms with Crippen LogP contribution in [0.15, 0.2) is 30.5 Å². The number of aromatic nitrogens is 3. The fourth-order valence-corrected chi connectivity index (χ4v) is 4.27. The Morgan fingerprint density at radius 2 is 2.03 bits per heavy atom. The summed E-state index contributed by atoms with van der Waals surface area (Å²) in [5.41, 5.74) is 8.61. The van der Waals surface area contributed by atoms with E-state index >= 15 is 0 Å². The number of fused-ring (bicyclic) bond motifs is 1. The summed E-state index contributed by atoms with van der Waals surface area (Å²) in [6.45, 7) is 2.96. The zero-order valence-corrected chi connectivity index (χ0v) is 18.9. The number of carbonyl (C=O) groups is 1. The molecule has 1 atom stereocenters. The number of piperidine rings is 1. The van der Waals surface area contributed by atoms with Crippen molar-refractivity contribution in [3.05, 3.63) is 47.4 Å². The number of alkyl halides is 3. The third-order valence-corrected chi connectivity index (χ3v) is 6.07. The molecule has 11 heteroatoms. The first-order valence-electron chi connectivity index (χ1n) is 11.0. The van der Waals surface area contributed by atoms with E-state index in [9.17, 15) is 18.0 Å². The number of ether oxygens (including phenoxy) is 2. The van der Waals surface area contributed by atoms with Crippen LogP contribution in [0.3, 0.4) is 0 Å². The van der Waals surface area contributed by atoms with E-state index < -0.39 is 12.1 Å². The highest BCUT2D eigenvalue weighted by Gasteiger charge is 2.32. The summed E-state index contributed by atoms with van der Waals surface area (Å²) in [5.74, 6) is 0.250. The first-order chi connectivity index (χ1) is 16.1. The minimum atomic E-state index is -4.82. The Morgan fingerprint density at radius 3 is 2.68 bits per heavy atom. The molecule has 3 N–H and O–H groups in total. The lowest BCUT2D eigenvalue weighted by molar-refractivity contribution is -0.274. The molecule has 182 valence electrons. The molecule has 0 radical (unpaired) electrons. The van der Waals surface area contributed by atoms with Crippen LogP contribution in [0.5, 0.6) is 5.75 Å². The average molecular weight is 477 g/mol. The molecule has 3 aromatic rings. The monoisotopic (exact) mass is 477 g/mol. The molecule has 2 aromatic heterocycles. The number of aromatic amines is 1. The molecule has 1 aromatic carbocycles. The summed E-state index contributed by atoms with van der Waals surface area (Å²) in [7, 11) is 1.66. The van der Waals surface area contributed by atoms with Crippen LogP contribution in [0.4, 0.5) is 18.9 Å². The second-order valence-corrected chi connectivity index (χ2v) is 8.40. The number of nitrogen functional groups attached to an aromatic ring is 1. The number of nitrogens with one attached hydrogen (secondary N) is 1. The minimum absolute atomic E-state index is 0.0276. The first kappa shape index (κ1) is 23.8. The van der Waals surface area contributed by atoms with Gasteiger partial charge in [0.2, 0.25) is 0 Å². The van der Waals surface area contributed by atoms with Gasteiger partial charge in [0, 0.05) is 44.6 Å². The lowest BCUT2D eigenvalue weighted by atomic mass is 9.89. The number of nitrogens with two attached hydrogens (primary N) is 1. The van der Waals surface area contributed by atoms with E-state index in [0.717, 1.165) is 41.9 Å². The molecule has 0 aliphatic carbocycles. The van der Waals surface area contributed by atoms with Gasteiger partial charge < -0.3 is 25.1 Å². The standard InChI is InChI=1S/C23H26F3N5O3/c1-13(33-2)11-19-29-20-16(5-8-28-21(20)30-19)14-6-9-31(10-7-14)22(32)17-4-3-15(12-18(17)27)34-23(24,25)26/h3-5,8,12-14H,6-7,9-11,27H2,1-2H3,(H,28,29,30)/t13-/m0/s1. The summed E-state index contributed by atoms with van der Waals surface area (Å²) in [5, 5.41) is 0. The Kier molecular flexibility index (Phi) is 6.65. The number of amides is 1. The average Bonchev–Trinajstić information content (AvgIpc) is 3.20. The lowest BCUT2D eigenvalue weighted by Gasteiger charge is -2.32. The van der Waals surface area contributed by atoms with Crippen molar-refractivity contribution in [2.75, 3.05) is 25.9 Å². The van der Waals surface area contributed by atoms with Gasteiger partial charge >= 0.3 is 6.36 Å². The number of rotatable bonds is 6. The molecule has 0 unspecified atom stereocenters. The van der Waals surface area contributed by atoms with Crippen LogP contribution in [0.25, 0.3) is 11.2 Å². The Bertz CT molecular complexity index is 1170. The molecule has 1 fully saturated rings. The molecule has 1 amide bonds. The van der Waals surface area contributed by atoms with Crippen LogP contribution in [-0.2, 0) is 11.2 Å². The number of imidazole rings is 1. The highest BCUT2D eigenvalue weighted by atomic mass is 19.4. The van der Waals surface area contributed by atoms with Gasteiger partial charge in [-0.2, -0.15) is 0 Å². The number of likely N-dealkylation sites (tertiary alicyclic amines) is 1. The third-order valence-electron chi connectivity index (χ3n) is 6.07. The molecule has 8 nitrogen and oxygen atoms in total. The molecule has 34 heavy (non-hydrogen) atoms. The number of hydrogen-bond donors (Lipinski definition) is 2. The molecule has 1 aliphatic rings. The van der Waals surface area contributed by atoms with Gasteiger partial charge in [0.15, 0.2) is 5.65 Å². The molecule has 0 saturated carbocycles. The van der Waals surface area contributed by atoms with Crippen LogP contribution >= 0.6 is 0 Å². The van der Waals surface area contributed by atoms with E-state index in [-0.39, 0.29) is 29.2 Å². The van der Waals surface area contributed by atoms with E-state index in [1.807, 2.05) is 13.0 Å². The molecular formula is C23H26F3N5O3. The number of pyridine rings is 1. The number of hydrogen-bond acceptors (Lipinski definition) is 6. The fourth-order valence-electron chi connectivity index (χ4n) is 4.27. The van der Waals surface area contributed by atoms with E-state index in [4.69, 9.17) is 10.5 Å². The minimum Gasteiger partial charge on any atom is -0.406 e. The number of methoxy groups -OCH3 is 1. The number of halogens is 3. The van der Waals surface area contributed by atoms with Gasteiger partial charge in [-0.05, 0) is 49.4 Å². The van der Waals surface area contributed by atoms with Crippen LogP contribution < -0.4 is 10.5 Å². The lowest BCUT2D eigenvalue weighted by Crippen LogP contribution is -2.38. The third kappa shape index (κ3) is 5.24. The maximum Gasteiger partial charge on any atom is 0.573 e. The Hall–Kier alpha value is -3.34. The number of benzene rings is 1. The molecular weight excluding hydrogens is 451 g/mol. The Balaban J connectivity index is 1.44. The van der Waals surface area contributed by atoms with E-state index in [0.29, 0.717) is 25.2 Å². The first-order valence-corrected chi connectivity index (χ1v) is 11.0. The maximum atomic E-state index is 13.0. The number of nitrogens with zero attached hydrogens (tertiary/aromatic N) is 3. The van der Waals surface area contributed by atoms with E-state index in [1.165, 1.54) is 6.07 Å². The quantitative estimate of drug-likeness (QED) is 0.519.